The van der Waals surface area contributed by atoms with Crippen molar-refractivity contribution in [1.29, 1.82) is 0 Å². The van der Waals surface area contributed by atoms with Gasteiger partial charge in [0, 0.05) is 14.1 Å². The highest BCUT2D eigenvalue weighted by Crippen LogP contribution is 2.33. The maximum absolute atomic E-state index is 12.4. The number of phenolic OH excluding ortho intramolecular Hbond substituents is 1. The molecule has 29 heavy (non-hydrogen) atoms. The fourth-order valence-electron chi connectivity index (χ4n) is 2.74. The lowest BCUT2D eigenvalue weighted by atomic mass is 10.1. The van der Waals surface area contributed by atoms with Gasteiger partial charge >= 0.3 is 0 Å². The average molecular weight is 418 g/mol. The third kappa shape index (κ3) is 5.11. The first-order valence-corrected chi connectivity index (χ1v) is 9.55. The Labute approximate surface area is 176 Å². The second-order valence-electron chi connectivity index (χ2n) is 6.86. The first kappa shape index (κ1) is 22.4. The van der Waals surface area contributed by atoms with E-state index in [0.717, 1.165) is 5.56 Å². The Kier molecular flexibility index (Phi) is 7.33. The summed E-state index contributed by atoms with van der Waals surface area (Å²) in [4.78, 5) is 22.6. The van der Waals surface area contributed by atoms with E-state index in [0.29, 0.717) is 17.7 Å². The number of aliphatic imine (C=N–C) groups is 2. The van der Waals surface area contributed by atoms with Gasteiger partial charge in [-0.05, 0) is 43.5 Å². The molecule has 1 atom stereocenters. The quantitative estimate of drug-likeness (QED) is 0.338. The van der Waals surface area contributed by atoms with Gasteiger partial charge in [-0.25, -0.2) is 4.99 Å². The van der Waals surface area contributed by atoms with E-state index in [1.54, 1.807) is 39.4 Å². The number of phenols is 1. The van der Waals surface area contributed by atoms with Crippen molar-refractivity contribution in [3.05, 3.63) is 46.9 Å². The molecule has 1 heterocycles. The smallest absolute Gasteiger partial charge is 0.257 e. The van der Waals surface area contributed by atoms with Crippen LogP contribution in [0.15, 0.2) is 38.9 Å². The van der Waals surface area contributed by atoms with Gasteiger partial charge in [0.05, 0.1) is 11.8 Å². The Morgan fingerprint density at radius 2 is 2.07 bits per heavy atom. The van der Waals surface area contributed by atoms with E-state index in [-0.39, 0.29) is 40.6 Å². The average Bonchev–Trinajstić information content (AvgIpc) is 3.11. The summed E-state index contributed by atoms with van der Waals surface area (Å²) in [6.07, 6.45) is 2.34. The molecule has 0 radical (unpaired) electrons. The lowest BCUT2D eigenvalue weighted by Gasteiger charge is -2.15. The van der Waals surface area contributed by atoms with Crippen molar-refractivity contribution in [1.82, 2.24) is 9.62 Å². The van der Waals surface area contributed by atoms with E-state index in [1.165, 1.54) is 4.90 Å². The van der Waals surface area contributed by atoms with Crippen LogP contribution in [0.4, 0.5) is 5.69 Å². The van der Waals surface area contributed by atoms with Crippen LogP contribution < -0.4 is 10.5 Å². The van der Waals surface area contributed by atoms with Gasteiger partial charge in [-0.2, -0.15) is 0 Å². The molecule has 0 aliphatic rings. The van der Waals surface area contributed by atoms with Gasteiger partial charge in [0.1, 0.15) is 17.5 Å². The molecule has 1 aromatic carbocycles. The van der Waals surface area contributed by atoms with Crippen molar-refractivity contribution in [3.63, 3.8) is 0 Å². The highest BCUT2D eigenvalue weighted by Gasteiger charge is 2.20. The number of thiol groups is 1. The van der Waals surface area contributed by atoms with E-state index < -0.39 is 0 Å². The van der Waals surface area contributed by atoms with Crippen LogP contribution in [-0.4, -0.2) is 41.7 Å². The standard InChI is InChI=1S/C20H27N5O3S/c1-6-13(15-9-11(2)10-28-15)23-19(24-29)18(21)22-14-8-7-12(3)16(17(14)26)20(27)25(4)5/h7-10,13,26,29H,6H2,1-5H3,(H2,21,22)(H,23,24)/t13-/m1/s1. The van der Waals surface area contributed by atoms with Gasteiger partial charge in [-0.1, -0.05) is 25.8 Å². The predicted octanol–water partition coefficient (Wildman–Crippen LogP) is 3.28. The molecule has 0 spiro atoms. The fraction of sp³-hybridized carbons (Fsp3) is 0.350. The van der Waals surface area contributed by atoms with Crippen LogP contribution in [0.1, 0.15) is 46.6 Å². The number of nitrogens with zero attached hydrogens (tertiary/aromatic N) is 3. The monoisotopic (exact) mass is 417 g/mol. The van der Waals surface area contributed by atoms with Crippen molar-refractivity contribution in [3.8, 4) is 5.75 Å². The molecule has 4 N–H and O–H groups in total. The van der Waals surface area contributed by atoms with E-state index >= 15 is 0 Å². The summed E-state index contributed by atoms with van der Waals surface area (Å²) < 4.78 is 8.17. The molecule has 9 heteroatoms. The summed E-state index contributed by atoms with van der Waals surface area (Å²) in [6, 6.07) is 4.93. The number of hydrogen-bond acceptors (Lipinski definition) is 6. The number of nitrogens with two attached hydrogens (primary N) is 1. The van der Waals surface area contributed by atoms with Crippen molar-refractivity contribution in [2.45, 2.75) is 33.2 Å². The van der Waals surface area contributed by atoms with Crippen molar-refractivity contribution >= 4 is 36.1 Å². The molecule has 0 bridgehead atoms. The summed E-state index contributed by atoms with van der Waals surface area (Å²) in [5.74, 6) is 0.393. The van der Waals surface area contributed by atoms with Gasteiger partial charge in [-0.3, -0.25) is 9.79 Å². The van der Waals surface area contributed by atoms with Crippen LogP contribution in [-0.2, 0) is 0 Å². The number of amidine groups is 2. The number of hydrogen-bond donors (Lipinski definition) is 4. The molecule has 2 aromatic rings. The molecule has 0 aliphatic heterocycles. The number of carbonyl (C=O) groups is 1. The minimum atomic E-state index is -0.323. The number of amides is 1. The largest absolute Gasteiger partial charge is 0.505 e. The molecule has 0 unspecified atom stereocenters. The molecule has 0 saturated carbocycles. The number of carbonyl (C=O) groups excluding carboxylic acids is 1. The second kappa shape index (κ2) is 9.51. The zero-order valence-electron chi connectivity index (χ0n) is 17.2. The number of benzene rings is 1. The molecular weight excluding hydrogens is 390 g/mol. The van der Waals surface area contributed by atoms with E-state index in [9.17, 15) is 9.90 Å². The van der Waals surface area contributed by atoms with E-state index in [4.69, 9.17) is 10.2 Å². The van der Waals surface area contributed by atoms with Gasteiger partial charge in [0.25, 0.3) is 5.91 Å². The summed E-state index contributed by atoms with van der Waals surface area (Å²) in [5, 5.41) is 10.6. The van der Waals surface area contributed by atoms with Gasteiger partial charge in [0.2, 0.25) is 0 Å². The molecule has 2 rings (SSSR count). The van der Waals surface area contributed by atoms with Crippen LogP contribution in [0.5, 0.6) is 5.75 Å². The van der Waals surface area contributed by atoms with Gasteiger partial charge in [-0.15, -0.1) is 0 Å². The number of aromatic hydroxyl groups is 1. The second-order valence-corrected chi connectivity index (χ2v) is 7.09. The first-order chi connectivity index (χ1) is 13.7. The normalized spacial score (nSPS) is 13.3. The molecular formula is C20H27N5O3S. The Bertz CT molecular complexity index is 950. The number of rotatable bonds is 5. The van der Waals surface area contributed by atoms with E-state index in [2.05, 4.69) is 27.5 Å². The zero-order valence-corrected chi connectivity index (χ0v) is 18.1. The van der Waals surface area contributed by atoms with Crippen molar-refractivity contribution in [2.24, 2.45) is 15.7 Å². The summed E-state index contributed by atoms with van der Waals surface area (Å²) >= 11 is 4.08. The topological polar surface area (TPSA) is 116 Å². The lowest BCUT2D eigenvalue weighted by Crippen LogP contribution is -2.32. The Hall–Kier alpha value is -2.94. The van der Waals surface area contributed by atoms with Crippen molar-refractivity contribution in [2.75, 3.05) is 14.1 Å². The summed E-state index contributed by atoms with van der Waals surface area (Å²) in [6.45, 7) is 5.65. The van der Waals surface area contributed by atoms with Gasteiger partial charge in [0.15, 0.2) is 17.4 Å². The molecule has 8 nitrogen and oxygen atoms in total. The lowest BCUT2D eigenvalue weighted by molar-refractivity contribution is 0.0824. The number of nitrogens with one attached hydrogen (secondary N) is 1. The Balaban J connectivity index is 2.44. The Morgan fingerprint density at radius 3 is 2.59 bits per heavy atom. The van der Waals surface area contributed by atoms with Crippen LogP contribution in [0, 0.1) is 13.8 Å². The van der Waals surface area contributed by atoms with Crippen LogP contribution in [0.3, 0.4) is 0 Å². The highest BCUT2D eigenvalue weighted by atomic mass is 32.1. The number of aryl methyl sites for hydroxylation is 2. The number of furan rings is 1. The molecule has 1 aromatic heterocycles. The minimum Gasteiger partial charge on any atom is -0.505 e. The minimum absolute atomic E-state index is 0.0177. The summed E-state index contributed by atoms with van der Waals surface area (Å²) in [5.41, 5.74) is 8.09. The molecule has 0 saturated heterocycles. The maximum atomic E-state index is 12.4. The molecule has 156 valence electrons. The van der Waals surface area contributed by atoms with Crippen LogP contribution in [0.2, 0.25) is 0 Å². The molecule has 0 aliphatic carbocycles. The Morgan fingerprint density at radius 1 is 1.38 bits per heavy atom. The predicted molar refractivity (Wildman–Crippen MR) is 118 cm³/mol. The molecule has 0 fully saturated rings. The third-order valence-corrected chi connectivity index (χ3v) is 4.54. The SMILES string of the molecule is CC[C@@H](N=C(NS)C(N)=Nc1ccc(C)c(C(=O)N(C)C)c1O)c1cc(C)co1. The molecule has 1 amide bonds. The van der Waals surface area contributed by atoms with Crippen molar-refractivity contribution < 1.29 is 14.3 Å². The van der Waals surface area contributed by atoms with E-state index in [1.807, 2.05) is 19.9 Å². The highest BCUT2D eigenvalue weighted by molar-refractivity contribution is 7.78. The summed E-state index contributed by atoms with van der Waals surface area (Å²) in [7, 11) is 3.23. The maximum Gasteiger partial charge on any atom is 0.257 e. The third-order valence-electron chi connectivity index (χ3n) is 4.33. The first-order valence-electron chi connectivity index (χ1n) is 9.11. The van der Waals surface area contributed by atoms with Gasteiger partial charge < -0.3 is 24.9 Å². The zero-order chi connectivity index (χ0) is 21.7. The fourth-order valence-corrected chi connectivity index (χ4v) is 2.91. The van der Waals surface area contributed by atoms with Crippen LogP contribution in [0.25, 0.3) is 0 Å². The van der Waals surface area contributed by atoms with Crippen LogP contribution >= 0.6 is 12.8 Å².